The average Bonchev–Trinajstić information content (AvgIpc) is 2.61. The second kappa shape index (κ2) is 8.51. The number of anilines is 1. The van der Waals surface area contributed by atoms with Crippen molar-refractivity contribution < 1.29 is 27.5 Å². The van der Waals surface area contributed by atoms with Gasteiger partial charge in [-0.15, -0.1) is 0 Å². The lowest BCUT2D eigenvalue weighted by molar-refractivity contribution is -0.123. The van der Waals surface area contributed by atoms with Crippen molar-refractivity contribution in [1.82, 2.24) is 0 Å². The maximum absolute atomic E-state index is 12.3. The van der Waals surface area contributed by atoms with E-state index < -0.39 is 28.0 Å². The van der Waals surface area contributed by atoms with Gasteiger partial charge < -0.3 is 14.8 Å². The summed E-state index contributed by atoms with van der Waals surface area (Å²) < 4.78 is 33.2. The summed E-state index contributed by atoms with van der Waals surface area (Å²) in [6.45, 7) is 1.42. The first-order valence-corrected chi connectivity index (χ1v) is 9.94. The standard InChI is InChI=1S/C17H17BrN2O6S/c1-10(26-17(22)14-9-12(25-2)5-8-15(14)18)16(21)20-11-3-6-13(7-4-11)27(19,23)24/h3-10H,1-2H3,(H,20,21)(H2,19,23,24)/t10-/m0/s1. The van der Waals surface area contributed by atoms with Gasteiger partial charge in [-0.3, -0.25) is 4.79 Å². The smallest absolute Gasteiger partial charge is 0.340 e. The Hall–Kier alpha value is -2.43. The number of ether oxygens (including phenoxy) is 2. The summed E-state index contributed by atoms with van der Waals surface area (Å²) in [7, 11) is -2.35. The van der Waals surface area contributed by atoms with E-state index in [4.69, 9.17) is 14.6 Å². The number of nitrogens with one attached hydrogen (secondary N) is 1. The SMILES string of the molecule is COc1ccc(Br)c(C(=O)O[C@@H](C)C(=O)Nc2ccc(S(N)(=O)=O)cc2)c1. The van der Waals surface area contributed by atoms with Crippen LogP contribution in [0.15, 0.2) is 51.8 Å². The summed E-state index contributed by atoms with van der Waals surface area (Å²) in [5, 5.41) is 7.54. The van der Waals surface area contributed by atoms with Crippen LogP contribution in [-0.4, -0.2) is 33.5 Å². The van der Waals surface area contributed by atoms with Gasteiger partial charge in [0, 0.05) is 10.2 Å². The molecule has 144 valence electrons. The lowest BCUT2D eigenvalue weighted by Gasteiger charge is -2.14. The summed E-state index contributed by atoms with van der Waals surface area (Å²) in [6.07, 6.45) is -1.09. The summed E-state index contributed by atoms with van der Waals surface area (Å²) in [5.74, 6) is -0.809. The van der Waals surface area contributed by atoms with E-state index in [9.17, 15) is 18.0 Å². The van der Waals surface area contributed by atoms with Crippen molar-refractivity contribution in [3.05, 3.63) is 52.5 Å². The third-order valence-electron chi connectivity index (χ3n) is 3.50. The van der Waals surface area contributed by atoms with Gasteiger partial charge in [-0.25, -0.2) is 18.4 Å². The van der Waals surface area contributed by atoms with Gasteiger partial charge in [-0.1, -0.05) is 0 Å². The molecule has 10 heteroatoms. The van der Waals surface area contributed by atoms with Gasteiger partial charge in [-0.2, -0.15) is 0 Å². The van der Waals surface area contributed by atoms with Crippen LogP contribution in [-0.2, 0) is 19.6 Å². The number of amides is 1. The van der Waals surface area contributed by atoms with Crippen LogP contribution in [0.4, 0.5) is 5.69 Å². The number of carbonyl (C=O) groups excluding carboxylic acids is 2. The van der Waals surface area contributed by atoms with E-state index in [1.807, 2.05) is 0 Å². The fourth-order valence-electron chi connectivity index (χ4n) is 2.04. The number of nitrogens with two attached hydrogens (primary N) is 1. The summed E-state index contributed by atoms with van der Waals surface area (Å²) >= 11 is 3.25. The third kappa shape index (κ3) is 5.52. The van der Waals surface area contributed by atoms with E-state index in [2.05, 4.69) is 21.2 Å². The molecule has 0 aliphatic carbocycles. The van der Waals surface area contributed by atoms with E-state index >= 15 is 0 Å². The molecule has 0 bridgehead atoms. The highest BCUT2D eigenvalue weighted by Gasteiger charge is 2.21. The number of hydrogen-bond acceptors (Lipinski definition) is 6. The summed E-state index contributed by atoms with van der Waals surface area (Å²) in [4.78, 5) is 24.4. The second-order valence-electron chi connectivity index (χ2n) is 5.45. The zero-order chi connectivity index (χ0) is 20.2. The van der Waals surface area contributed by atoms with Gasteiger partial charge >= 0.3 is 5.97 Å². The number of hydrogen-bond donors (Lipinski definition) is 2. The van der Waals surface area contributed by atoms with E-state index in [0.29, 0.717) is 15.9 Å². The number of rotatable bonds is 6. The Morgan fingerprint density at radius 3 is 2.33 bits per heavy atom. The highest BCUT2D eigenvalue weighted by molar-refractivity contribution is 9.10. The normalized spacial score (nSPS) is 12.1. The molecule has 1 atom stereocenters. The molecule has 8 nitrogen and oxygen atoms in total. The molecule has 0 saturated heterocycles. The van der Waals surface area contributed by atoms with Crippen molar-refractivity contribution in [1.29, 1.82) is 0 Å². The minimum Gasteiger partial charge on any atom is -0.497 e. The number of esters is 1. The molecule has 2 aromatic carbocycles. The number of methoxy groups -OCH3 is 1. The molecule has 1 amide bonds. The highest BCUT2D eigenvalue weighted by atomic mass is 79.9. The van der Waals surface area contributed by atoms with Crippen LogP contribution in [0.5, 0.6) is 5.75 Å². The topological polar surface area (TPSA) is 125 Å². The van der Waals surface area contributed by atoms with Crippen LogP contribution in [0.25, 0.3) is 0 Å². The fourth-order valence-corrected chi connectivity index (χ4v) is 2.96. The lowest BCUT2D eigenvalue weighted by atomic mass is 10.2. The molecular formula is C17H17BrN2O6S. The van der Waals surface area contributed by atoms with Crippen molar-refractivity contribution in [2.75, 3.05) is 12.4 Å². The first-order chi connectivity index (χ1) is 12.6. The Morgan fingerprint density at radius 1 is 1.15 bits per heavy atom. The minimum atomic E-state index is -3.82. The Balaban J connectivity index is 2.04. The molecule has 2 rings (SSSR count). The molecule has 0 unspecified atom stereocenters. The molecule has 0 radical (unpaired) electrons. The van der Waals surface area contributed by atoms with E-state index in [0.717, 1.165) is 0 Å². The van der Waals surface area contributed by atoms with Crippen LogP contribution in [0.2, 0.25) is 0 Å². The summed E-state index contributed by atoms with van der Waals surface area (Å²) in [5.41, 5.74) is 0.546. The Labute approximate surface area is 164 Å². The Morgan fingerprint density at radius 2 is 1.78 bits per heavy atom. The number of benzene rings is 2. The zero-order valence-corrected chi connectivity index (χ0v) is 16.8. The zero-order valence-electron chi connectivity index (χ0n) is 14.4. The molecule has 0 fully saturated rings. The molecule has 0 aromatic heterocycles. The quantitative estimate of drug-likeness (QED) is 0.642. The molecule has 0 spiro atoms. The van der Waals surface area contributed by atoms with Gasteiger partial charge in [0.2, 0.25) is 10.0 Å². The van der Waals surface area contributed by atoms with Gasteiger partial charge in [0.15, 0.2) is 6.10 Å². The monoisotopic (exact) mass is 456 g/mol. The van der Waals surface area contributed by atoms with Crippen molar-refractivity contribution in [2.24, 2.45) is 5.14 Å². The predicted octanol–water partition coefficient (Wildman–Crippen LogP) is 2.29. The second-order valence-corrected chi connectivity index (χ2v) is 7.87. The molecule has 27 heavy (non-hydrogen) atoms. The fraction of sp³-hybridized carbons (Fsp3) is 0.176. The average molecular weight is 457 g/mol. The Bertz CT molecular complexity index is 960. The Kier molecular flexibility index (Phi) is 6.58. The first kappa shape index (κ1) is 20.9. The number of halogens is 1. The largest absolute Gasteiger partial charge is 0.497 e. The first-order valence-electron chi connectivity index (χ1n) is 7.60. The molecular weight excluding hydrogens is 440 g/mol. The van der Waals surface area contributed by atoms with Crippen molar-refractivity contribution in [2.45, 2.75) is 17.9 Å². The molecule has 0 aliphatic rings. The van der Waals surface area contributed by atoms with E-state index in [1.165, 1.54) is 44.4 Å². The van der Waals surface area contributed by atoms with Gasteiger partial charge in [0.1, 0.15) is 5.75 Å². The molecule has 2 aromatic rings. The van der Waals surface area contributed by atoms with Crippen molar-refractivity contribution in [3.63, 3.8) is 0 Å². The number of carbonyl (C=O) groups is 2. The van der Waals surface area contributed by atoms with Crippen LogP contribution in [0.3, 0.4) is 0 Å². The van der Waals surface area contributed by atoms with Gasteiger partial charge in [-0.05, 0) is 65.3 Å². The van der Waals surface area contributed by atoms with Crippen molar-refractivity contribution >= 4 is 43.5 Å². The molecule has 0 heterocycles. The number of sulfonamides is 1. The van der Waals surface area contributed by atoms with Crippen LogP contribution in [0.1, 0.15) is 17.3 Å². The number of primary sulfonamides is 1. The third-order valence-corrected chi connectivity index (χ3v) is 5.12. The maximum atomic E-state index is 12.3. The lowest BCUT2D eigenvalue weighted by Crippen LogP contribution is -2.30. The molecule has 3 N–H and O–H groups in total. The molecule has 0 aliphatic heterocycles. The highest BCUT2D eigenvalue weighted by Crippen LogP contribution is 2.23. The van der Waals surface area contributed by atoms with Gasteiger partial charge in [0.05, 0.1) is 17.6 Å². The molecule has 0 saturated carbocycles. The van der Waals surface area contributed by atoms with E-state index in [1.54, 1.807) is 12.1 Å². The van der Waals surface area contributed by atoms with Crippen LogP contribution >= 0.6 is 15.9 Å². The maximum Gasteiger partial charge on any atom is 0.340 e. The van der Waals surface area contributed by atoms with Crippen molar-refractivity contribution in [3.8, 4) is 5.75 Å². The van der Waals surface area contributed by atoms with E-state index in [-0.39, 0.29) is 10.5 Å². The van der Waals surface area contributed by atoms with Crippen LogP contribution in [0, 0.1) is 0 Å². The summed E-state index contributed by atoms with van der Waals surface area (Å²) in [6, 6.07) is 10.1. The minimum absolute atomic E-state index is 0.0807. The predicted molar refractivity (Wildman–Crippen MR) is 102 cm³/mol. The van der Waals surface area contributed by atoms with Gasteiger partial charge in [0.25, 0.3) is 5.91 Å². The van der Waals surface area contributed by atoms with Crippen LogP contribution < -0.4 is 15.2 Å².